The molecule has 98 valence electrons. The topological polar surface area (TPSA) is 50.4 Å². The van der Waals surface area contributed by atoms with Crippen LogP contribution in [0.1, 0.15) is 11.1 Å². The molecule has 3 heteroatoms. The Balaban J connectivity index is 2.36. The molecular formula is C17H12O3. The average Bonchev–Trinajstić information content (AvgIpc) is 2.45. The highest BCUT2D eigenvalue weighted by molar-refractivity contribution is 6.04. The molecule has 0 saturated heterocycles. The summed E-state index contributed by atoms with van der Waals surface area (Å²) in [7, 11) is 0. The summed E-state index contributed by atoms with van der Waals surface area (Å²) in [6, 6.07) is 11.2. The average molecular weight is 264 g/mol. The summed E-state index contributed by atoms with van der Waals surface area (Å²) < 4.78 is 5.36. The first-order chi connectivity index (χ1) is 9.69. The summed E-state index contributed by atoms with van der Waals surface area (Å²) in [4.78, 5) is 12.0. The first-order valence-electron chi connectivity index (χ1n) is 6.26. The van der Waals surface area contributed by atoms with E-state index in [0.717, 1.165) is 16.3 Å². The molecule has 1 heterocycles. The molecule has 20 heavy (non-hydrogen) atoms. The summed E-state index contributed by atoms with van der Waals surface area (Å²) in [6.07, 6.45) is 0. The van der Waals surface area contributed by atoms with Crippen LogP contribution in [0.25, 0.3) is 21.7 Å². The molecular weight excluding hydrogens is 252 g/mol. The number of aryl methyl sites for hydroxylation is 1. The van der Waals surface area contributed by atoms with Crippen LogP contribution in [0.3, 0.4) is 0 Å². The highest BCUT2D eigenvalue weighted by Crippen LogP contribution is 2.24. The number of aliphatic hydroxyl groups is 1. The van der Waals surface area contributed by atoms with Gasteiger partial charge in [-0.3, -0.25) is 0 Å². The van der Waals surface area contributed by atoms with Gasteiger partial charge in [0.05, 0.1) is 5.39 Å². The number of hydrogen-bond acceptors (Lipinski definition) is 3. The number of benzene rings is 2. The molecule has 0 aliphatic rings. The van der Waals surface area contributed by atoms with Gasteiger partial charge < -0.3 is 9.52 Å². The standard InChI is InChI=1S/C17H12O3/c1-11-4-6-13-14-7-5-12(3-2-8-18)10-16(14)20-17(19)15(13)9-11/h4-7,9-10,18H,8H2,1H3. The molecule has 3 aromatic rings. The van der Waals surface area contributed by atoms with Gasteiger partial charge in [0, 0.05) is 10.9 Å². The predicted octanol–water partition coefficient (Wildman–Crippen LogP) is 2.60. The summed E-state index contributed by atoms with van der Waals surface area (Å²) in [6.45, 7) is 1.75. The van der Waals surface area contributed by atoms with E-state index in [1.807, 2.05) is 37.3 Å². The molecule has 0 bridgehead atoms. The molecule has 0 aliphatic carbocycles. The largest absolute Gasteiger partial charge is 0.422 e. The van der Waals surface area contributed by atoms with Crippen LogP contribution >= 0.6 is 0 Å². The Morgan fingerprint density at radius 2 is 1.90 bits per heavy atom. The van der Waals surface area contributed by atoms with E-state index < -0.39 is 0 Å². The zero-order valence-corrected chi connectivity index (χ0v) is 10.9. The van der Waals surface area contributed by atoms with E-state index in [1.165, 1.54) is 0 Å². The SMILES string of the molecule is Cc1ccc2c(c1)c(=O)oc1cc(C#CCO)ccc12. The van der Waals surface area contributed by atoms with Gasteiger partial charge in [-0.1, -0.05) is 29.5 Å². The Labute approximate surface area is 115 Å². The van der Waals surface area contributed by atoms with Crippen molar-refractivity contribution >= 4 is 21.7 Å². The van der Waals surface area contributed by atoms with E-state index in [0.29, 0.717) is 16.5 Å². The Morgan fingerprint density at radius 1 is 1.10 bits per heavy atom. The highest BCUT2D eigenvalue weighted by atomic mass is 16.4. The van der Waals surface area contributed by atoms with Gasteiger partial charge in [-0.25, -0.2) is 4.79 Å². The van der Waals surface area contributed by atoms with Gasteiger partial charge in [0.1, 0.15) is 12.2 Å². The number of fused-ring (bicyclic) bond motifs is 3. The molecule has 1 N–H and O–H groups in total. The lowest BCUT2D eigenvalue weighted by Gasteiger charge is -2.03. The quantitative estimate of drug-likeness (QED) is 0.386. The summed E-state index contributed by atoms with van der Waals surface area (Å²) in [5.41, 5.74) is 1.90. The molecule has 3 rings (SSSR count). The van der Waals surface area contributed by atoms with Crippen LogP contribution in [0, 0.1) is 18.8 Å². The van der Waals surface area contributed by atoms with Crippen molar-refractivity contribution in [3.8, 4) is 11.8 Å². The van der Waals surface area contributed by atoms with Crippen LogP contribution in [0.15, 0.2) is 45.6 Å². The maximum absolute atomic E-state index is 12.0. The maximum Gasteiger partial charge on any atom is 0.344 e. The minimum Gasteiger partial charge on any atom is -0.422 e. The van der Waals surface area contributed by atoms with Crippen LogP contribution in [-0.2, 0) is 0 Å². The second-order valence-electron chi connectivity index (χ2n) is 4.61. The van der Waals surface area contributed by atoms with Crippen molar-refractivity contribution in [1.82, 2.24) is 0 Å². The van der Waals surface area contributed by atoms with E-state index >= 15 is 0 Å². The van der Waals surface area contributed by atoms with Crippen molar-refractivity contribution in [3.05, 3.63) is 57.9 Å². The third-order valence-corrected chi connectivity index (χ3v) is 3.18. The molecule has 2 aromatic carbocycles. The Morgan fingerprint density at radius 3 is 2.70 bits per heavy atom. The Hall–Kier alpha value is -2.57. The second kappa shape index (κ2) is 4.84. The molecule has 0 amide bonds. The summed E-state index contributed by atoms with van der Waals surface area (Å²) >= 11 is 0. The molecule has 0 radical (unpaired) electrons. The van der Waals surface area contributed by atoms with Gasteiger partial charge >= 0.3 is 5.63 Å². The monoisotopic (exact) mass is 264 g/mol. The van der Waals surface area contributed by atoms with Crippen LogP contribution in [0.2, 0.25) is 0 Å². The van der Waals surface area contributed by atoms with E-state index in [1.54, 1.807) is 6.07 Å². The van der Waals surface area contributed by atoms with E-state index in [2.05, 4.69) is 11.8 Å². The normalized spacial score (nSPS) is 10.5. The number of aliphatic hydroxyl groups excluding tert-OH is 1. The fourth-order valence-electron chi connectivity index (χ4n) is 2.27. The van der Waals surface area contributed by atoms with Crippen LogP contribution in [0.5, 0.6) is 0 Å². The van der Waals surface area contributed by atoms with Gasteiger partial charge in [-0.05, 0) is 36.6 Å². The molecule has 0 saturated carbocycles. The molecule has 0 aliphatic heterocycles. The van der Waals surface area contributed by atoms with Crippen molar-refractivity contribution < 1.29 is 9.52 Å². The second-order valence-corrected chi connectivity index (χ2v) is 4.61. The smallest absolute Gasteiger partial charge is 0.344 e. The van der Waals surface area contributed by atoms with Gasteiger partial charge in [0.2, 0.25) is 0 Å². The fraction of sp³-hybridized carbons (Fsp3) is 0.118. The lowest BCUT2D eigenvalue weighted by atomic mass is 10.0. The molecule has 0 fully saturated rings. The molecule has 3 nitrogen and oxygen atoms in total. The van der Waals surface area contributed by atoms with Crippen LogP contribution < -0.4 is 5.63 Å². The molecule has 0 unspecified atom stereocenters. The van der Waals surface area contributed by atoms with Gasteiger partial charge in [0.25, 0.3) is 0 Å². The lowest BCUT2D eigenvalue weighted by Crippen LogP contribution is -2.00. The fourth-order valence-corrected chi connectivity index (χ4v) is 2.27. The van der Waals surface area contributed by atoms with Gasteiger partial charge in [-0.15, -0.1) is 0 Å². The van der Waals surface area contributed by atoms with Crippen molar-refractivity contribution in [2.45, 2.75) is 6.92 Å². The van der Waals surface area contributed by atoms with E-state index in [-0.39, 0.29) is 12.2 Å². The molecule has 0 spiro atoms. The van der Waals surface area contributed by atoms with Gasteiger partial charge in [-0.2, -0.15) is 0 Å². The third kappa shape index (κ3) is 2.07. The van der Waals surface area contributed by atoms with Crippen LogP contribution in [-0.4, -0.2) is 11.7 Å². The van der Waals surface area contributed by atoms with Crippen molar-refractivity contribution in [2.24, 2.45) is 0 Å². The molecule has 1 aromatic heterocycles. The zero-order valence-electron chi connectivity index (χ0n) is 10.9. The van der Waals surface area contributed by atoms with Crippen molar-refractivity contribution in [3.63, 3.8) is 0 Å². The predicted molar refractivity (Wildman–Crippen MR) is 78.7 cm³/mol. The summed E-state index contributed by atoms with van der Waals surface area (Å²) in [5.74, 6) is 5.38. The zero-order chi connectivity index (χ0) is 14.1. The van der Waals surface area contributed by atoms with E-state index in [9.17, 15) is 4.79 Å². The first kappa shape index (κ1) is 12.5. The van der Waals surface area contributed by atoms with E-state index in [4.69, 9.17) is 9.52 Å². The Kier molecular flexibility index (Phi) is 3.02. The van der Waals surface area contributed by atoms with Crippen molar-refractivity contribution in [1.29, 1.82) is 0 Å². The van der Waals surface area contributed by atoms with Crippen LogP contribution in [0.4, 0.5) is 0 Å². The molecule has 0 atom stereocenters. The minimum atomic E-state index is -0.344. The number of rotatable bonds is 0. The van der Waals surface area contributed by atoms with Gasteiger partial charge in [0.15, 0.2) is 0 Å². The highest BCUT2D eigenvalue weighted by Gasteiger charge is 2.07. The number of hydrogen-bond donors (Lipinski definition) is 1. The lowest BCUT2D eigenvalue weighted by molar-refractivity contribution is 0.350. The first-order valence-corrected chi connectivity index (χ1v) is 6.26. The maximum atomic E-state index is 12.0. The summed E-state index contributed by atoms with van der Waals surface area (Å²) in [5, 5.41) is 11.1. The Bertz CT molecular complexity index is 924. The third-order valence-electron chi connectivity index (χ3n) is 3.18. The minimum absolute atomic E-state index is 0.195. The van der Waals surface area contributed by atoms with Crippen molar-refractivity contribution in [2.75, 3.05) is 6.61 Å².